The lowest BCUT2D eigenvalue weighted by Gasteiger charge is -2.10. The minimum Gasteiger partial charge on any atom is -0.218 e. The number of thiophene rings is 1. The molecule has 0 atom stereocenters. The van der Waals surface area contributed by atoms with E-state index in [1.807, 2.05) is 32.9 Å². The Labute approximate surface area is 106 Å². The molecule has 0 saturated carbocycles. The SMILES string of the molecule is Cc1cc(C)c(S(=O)(=O)c2cccs2)c(C)c1. The van der Waals surface area contributed by atoms with Crippen LogP contribution in [0.5, 0.6) is 0 Å². The van der Waals surface area contributed by atoms with Gasteiger partial charge >= 0.3 is 0 Å². The van der Waals surface area contributed by atoms with Gasteiger partial charge in [0.2, 0.25) is 9.84 Å². The molecule has 1 aromatic heterocycles. The molecular formula is C13H14O2S2. The van der Waals surface area contributed by atoms with Gasteiger partial charge in [0, 0.05) is 0 Å². The standard InChI is InChI=1S/C13H14O2S2/c1-9-7-10(2)13(11(3)8-9)17(14,15)12-5-4-6-16-12/h4-8H,1-3H3. The van der Waals surface area contributed by atoms with Crippen molar-refractivity contribution in [3.05, 3.63) is 46.3 Å². The van der Waals surface area contributed by atoms with Crippen LogP contribution >= 0.6 is 11.3 Å². The molecule has 0 amide bonds. The highest BCUT2D eigenvalue weighted by Gasteiger charge is 2.23. The van der Waals surface area contributed by atoms with E-state index in [-0.39, 0.29) is 0 Å². The molecule has 0 unspecified atom stereocenters. The van der Waals surface area contributed by atoms with Gasteiger partial charge in [0.15, 0.2) is 0 Å². The van der Waals surface area contributed by atoms with Crippen LogP contribution in [0, 0.1) is 20.8 Å². The Hall–Kier alpha value is -1.13. The first-order chi connectivity index (χ1) is 7.93. The van der Waals surface area contributed by atoms with Crippen molar-refractivity contribution in [2.75, 3.05) is 0 Å². The molecule has 0 radical (unpaired) electrons. The summed E-state index contributed by atoms with van der Waals surface area (Å²) in [6.45, 7) is 5.67. The molecule has 0 fully saturated rings. The van der Waals surface area contributed by atoms with E-state index in [1.54, 1.807) is 17.5 Å². The zero-order valence-electron chi connectivity index (χ0n) is 10.0. The number of hydrogen-bond donors (Lipinski definition) is 0. The maximum atomic E-state index is 12.5. The predicted octanol–water partition coefficient (Wildman–Crippen LogP) is 3.51. The predicted molar refractivity (Wildman–Crippen MR) is 70.4 cm³/mol. The molecule has 17 heavy (non-hydrogen) atoms. The van der Waals surface area contributed by atoms with Gasteiger partial charge in [-0.25, -0.2) is 8.42 Å². The summed E-state index contributed by atoms with van der Waals surface area (Å²) in [5.74, 6) is 0. The summed E-state index contributed by atoms with van der Waals surface area (Å²) >= 11 is 1.26. The van der Waals surface area contributed by atoms with E-state index in [4.69, 9.17) is 0 Å². The Balaban J connectivity index is 2.71. The maximum absolute atomic E-state index is 12.5. The van der Waals surface area contributed by atoms with Gasteiger partial charge in [-0.05, 0) is 43.3 Å². The summed E-state index contributed by atoms with van der Waals surface area (Å²) < 4.78 is 25.3. The normalized spacial score (nSPS) is 11.7. The second-order valence-electron chi connectivity index (χ2n) is 4.16. The minimum absolute atomic E-state index is 0.410. The number of aryl methyl sites for hydroxylation is 3. The van der Waals surface area contributed by atoms with Gasteiger partial charge in [-0.3, -0.25) is 0 Å². The Morgan fingerprint density at radius 1 is 1.06 bits per heavy atom. The summed E-state index contributed by atoms with van der Waals surface area (Å²) in [5, 5.41) is 1.78. The van der Waals surface area contributed by atoms with Gasteiger partial charge in [0.1, 0.15) is 4.21 Å². The van der Waals surface area contributed by atoms with Gasteiger partial charge < -0.3 is 0 Å². The summed E-state index contributed by atoms with van der Waals surface area (Å²) in [4.78, 5) is 0.450. The number of rotatable bonds is 2. The van der Waals surface area contributed by atoms with Crippen molar-refractivity contribution < 1.29 is 8.42 Å². The fourth-order valence-corrected chi connectivity index (χ4v) is 4.90. The summed E-state index contributed by atoms with van der Waals surface area (Å²) in [6.07, 6.45) is 0. The lowest BCUT2D eigenvalue weighted by molar-refractivity contribution is 0.597. The lowest BCUT2D eigenvalue weighted by atomic mass is 10.1. The van der Waals surface area contributed by atoms with Crippen LogP contribution in [0.4, 0.5) is 0 Å². The second-order valence-corrected chi connectivity index (χ2v) is 7.22. The largest absolute Gasteiger partial charge is 0.218 e. The second kappa shape index (κ2) is 4.27. The molecule has 2 rings (SSSR count). The van der Waals surface area contributed by atoms with Crippen molar-refractivity contribution in [3.8, 4) is 0 Å². The molecule has 2 aromatic rings. The average Bonchev–Trinajstić information content (AvgIpc) is 2.67. The molecule has 0 aliphatic heterocycles. The van der Waals surface area contributed by atoms with Crippen molar-refractivity contribution in [2.45, 2.75) is 29.9 Å². The zero-order valence-corrected chi connectivity index (χ0v) is 11.7. The van der Waals surface area contributed by atoms with Gasteiger partial charge in [-0.15, -0.1) is 11.3 Å². The maximum Gasteiger partial charge on any atom is 0.216 e. The minimum atomic E-state index is -3.36. The van der Waals surface area contributed by atoms with Crippen LogP contribution in [0.25, 0.3) is 0 Å². The smallest absolute Gasteiger partial charge is 0.216 e. The Morgan fingerprint density at radius 3 is 2.12 bits per heavy atom. The van der Waals surface area contributed by atoms with Crippen LogP contribution in [-0.4, -0.2) is 8.42 Å². The molecule has 4 heteroatoms. The molecule has 0 spiro atoms. The zero-order chi connectivity index (χ0) is 12.6. The van der Waals surface area contributed by atoms with E-state index in [9.17, 15) is 8.42 Å². The van der Waals surface area contributed by atoms with Crippen LogP contribution in [0.2, 0.25) is 0 Å². The van der Waals surface area contributed by atoms with E-state index in [2.05, 4.69) is 0 Å². The summed E-state index contributed by atoms with van der Waals surface area (Å²) in [7, 11) is -3.36. The first kappa shape index (κ1) is 12.3. The first-order valence-corrected chi connectivity index (χ1v) is 7.65. The van der Waals surface area contributed by atoms with Gasteiger partial charge in [0.05, 0.1) is 4.90 Å². The van der Waals surface area contributed by atoms with E-state index in [0.717, 1.165) is 16.7 Å². The van der Waals surface area contributed by atoms with Crippen LogP contribution < -0.4 is 0 Å². The lowest BCUT2D eigenvalue weighted by Crippen LogP contribution is -2.05. The average molecular weight is 266 g/mol. The molecule has 0 aliphatic rings. The highest BCUT2D eigenvalue weighted by Crippen LogP contribution is 2.30. The Morgan fingerprint density at radius 2 is 1.65 bits per heavy atom. The highest BCUT2D eigenvalue weighted by molar-refractivity contribution is 7.93. The first-order valence-electron chi connectivity index (χ1n) is 5.29. The third kappa shape index (κ3) is 2.15. The van der Waals surface area contributed by atoms with Crippen molar-refractivity contribution in [2.24, 2.45) is 0 Å². The van der Waals surface area contributed by atoms with Gasteiger partial charge in [0.25, 0.3) is 0 Å². The molecule has 0 bridgehead atoms. The molecule has 2 nitrogen and oxygen atoms in total. The number of benzene rings is 1. The van der Waals surface area contributed by atoms with Crippen molar-refractivity contribution in [3.63, 3.8) is 0 Å². The van der Waals surface area contributed by atoms with E-state index in [1.165, 1.54) is 11.3 Å². The quantitative estimate of drug-likeness (QED) is 0.833. The topological polar surface area (TPSA) is 34.1 Å². The van der Waals surface area contributed by atoms with Gasteiger partial charge in [-0.1, -0.05) is 23.8 Å². The van der Waals surface area contributed by atoms with Crippen LogP contribution in [0.3, 0.4) is 0 Å². The molecule has 0 aliphatic carbocycles. The summed E-state index contributed by atoms with van der Waals surface area (Å²) in [6, 6.07) is 7.23. The Bertz CT molecular complexity index is 615. The van der Waals surface area contributed by atoms with Crippen LogP contribution in [0.15, 0.2) is 38.8 Å². The molecule has 0 saturated heterocycles. The van der Waals surface area contributed by atoms with E-state index in [0.29, 0.717) is 9.10 Å². The molecule has 0 N–H and O–H groups in total. The molecule has 1 aromatic carbocycles. The molecule has 90 valence electrons. The van der Waals surface area contributed by atoms with Crippen molar-refractivity contribution >= 4 is 21.2 Å². The van der Waals surface area contributed by atoms with Crippen molar-refractivity contribution in [1.29, 1.82) is 0 Å². The number of sulfone groups is 1. The third-order valence-electron chi connectivity index (χ3n) is 2.63. The molecular weight excluding hydrogens is 252 g/mol. The Kier molecular flexibility index (Phi) is 3.10. The van der Waals surface area contributed by atoms with E-state index < -0.39 is 9.84 Å². The fourth-order valence-electron chi connectivity index (χ4n) is 2.11. The van der Waals surface area contributed by atoms with Crippen LogP contribution in [0.1, 0.15) is 16.7 Å². The van der Waals surface area contributed by atoms with Crippen LogP contribution in [-0.2, 0) is 9.84 Å². The fraction of sp³-hybridized carbons (Fsp3) is 0.231. The highest BCUT2D eigenvalue weighted by atomic mass is 32.2. The van der Waals surface area contributed by atoms with Crippen molar-refractivity contribution in [1.82, 2.24) is 0 Å². The van der Waals surface area contributed by atoms with E-state index >= 15 is 0 Å². The molecule has 1 heterocycles. The summed E-state index contributed by atoms with van der Waals surface area (Å²) in [5.41, 5.74) is 2.72. The number of hydrogen-bond acceptors (Lipinski definition) is 3. The third-order valence-corrected chi connectivity index (χ3v) is 6.09. The monoisotopic (exact) mass is 266 g/mol. The van der Waals surface area contributed by atoms with Gasteiger partial charge in [-0.2, -0.15) is 0 Å².